The van der Waals surface area contributed by atoms with Crippen LogP contribution in [-0.4, -0.2) is 9.55 Å². The largest absolute Gasteiger partial charge is 0.330 e. The molecule has 0 radical (unpaired) electrons. The molecule has 0 fully saturated rings. The van der Waals surface area contributed by atoms with Crippen molar-refractivity contribution in [3.05, 3.63) is 57.5 Å². The smallest absolute Gasteiger partial charge is 0.182 e. The monoisotopic (exact) mass is 322 g/mol. The Bertz CT molecular complexity index is 791. The van der Waals surface area contributed by atoms with Gasteiger partial charge < -0.3 is 4.98 Å². The molecule has 0 unspecified atom stereocenters. The maximum atomic E-state index is 13.4. The summed E-state index contributed by atoms with van der Waals surface area (Å²) in [6.07, 6.45) is 0. The van der Waals surface area contributed by atoms with Crippen LogP contribution < -0.4 is 0 Å². The van der Waals surface area contributed by atoms with E-state index in [0.29, 0.717) is 4.77 Å². The average Bonchev–Trinajstić information content (AvgIpc) is 2.64. The molecule has 0 amide bonds. The quantitative estimate of drug-likeness (QED) is 0.650. The van der Waals surface area contributed by atoms with Gasteiger partial charge in [-0.25, -0.2) is 4.39 Å². The van der Waals surface area contributed by atoms with E-state index in [-0.39, 0.29) is 5.82 Å². The Morgan fingerprint density at radius 2 is 2.00 bits per heavy atom. The molecule has 2 nitrogen and oxygen atoms in total. The molecule has 0 aliphatic rings. The number of aromatic amines is 1. The number of hydrogen-bond donors (Lipinski definition) is 1. The third-order valence-electron chi connectivity index (χ3n) is 2.71. The highest BCUT2D eigenvalue weighted by Crippen LogP contribution is 2.22. The van der Waals surface area contributed by atoms with Crippen LogP contribution in [0.2, 0.25) is 0 Å². The molecule has 3 aromatic rings. The molecule has 0 spiro atoms. The Labute approximate surface area is 116 Å². The molecule has 0 bridgehead atoms. The number of benzene rings is 2. The topological polar surface area (TPSA) is 20.7 Å². The highest BCUT2D eigenvalue weighted by Gasteiger charge is 2.07. The van der Waals surface area contributed by atoms with Gasteiger partial charge in [0.2, 0.25) is 0 Å². The summed E-state index contributed by atoms with van der Waals surface area (Å²) in [7, 11) is 0. The van der Waals surface area contributed by atoms with Gasteiger partial charge in [0.15, 0.2) is 4.77 Å². The molecule has 90 valence electrons. The summed E-state index contributed by atoms with van der Waals surface area (Å²) in [6, 6.07) is 12.3. The van der Waals surface area contributed by atoms with Crippen LogP contribution in [-0.2, 0) is 0 Å². The molecule has 3 rings (SSSR count). The molecule has 2 aromatic carbocycles. The fraction of sp³-hybridized carbons (Fsp3) is 0. The zero-order chi connectivity index (χ0) is 12.7. The molecule has 0 aliphatic carbocycles. The van der Waals surface area contributed by atoms with E-state index in [1.165, 1.54) is 12.1 Å². The van der Waals surface area contributed by atoms with Gasteiger partial charge >= 0.3 is 0 Å². The number of imidazole rings is 1. The average molecular weight is 323 g/mol. The number of nitrogens with zero attached hydrogens (tertiary/aromatic N) is 1. The molecular weight excluding hydrogens is 315 g/mol. The normalized spacial score (nSPS) is 11.0. The first-order valence-electron chi connectivity index (χ1n) is 5.31. The Balaban J connectivity index is 2.38. The molecule has 1 heterocycles. The van der Waals surface area contributed by atoms with Crippen molar-refractivity contribution in [2.45, 2.75) is 0 Å². The van der Waals surface area contributed by atoms with Crippen LogP contribution in [0.5, 0.6) is 0 Å². The van der Waals surface area contributed by atoms with Crippen molar-refractivity contribution in [3.63, 3.8) is 0 Å². The Hall–Kier alpha value is -1.46. The summed E-state index contributed by atoms with van der Waals surface area (Å²) in [5.41, 5.74) is 2.45. The lowest BCUT2D eigenvalue weighted by atomic mass is 10.3. The summed E-state index contributed by atoms with van der Waals surface area (Å²) in [4.78, 5) is 3.07. The van der Waals surface area contributed by atoms with Crippen LogP contribution in [0, 0.1) is 10.6 Å². The number of H-pyrrole nitrogens is 1. The summed E-state index contributed by atoms with van der Waals surface area (Å²) in [6.45, 7) is 0. The van der Waals surface area contributed by atoms with E-state index in [4.69, 9.17) is 12.2 Å². The van der Waals surface area contributed by atoms with E-state index < -0.39 is 0 Å². The van der Waals surface area contributed by atoms with Gasteiger partial charge in [-0.15, -0.1) is 0 Å². The van der Waals surface area contributed by atoms with Crippen molar-refractivity contribution in [3.8, 4) is 5.69 Å². The first-order valence-corrected chi connectivity index (χ1v) is 6.51. The van der Waals surface area contributed by atoms with E-state index in [2.05, 4.69) is 20.9 Å². The standard InChI is InChI=1S/C13H8BrFN2S/c14-8-2-1-3-10(6-8)17-12-7-9(15)4-5-11(12)16-13(17)18/h1-7H,(H,16,18). The molecule has 1 aromatic heterocycles. The third kappa shape index (κ3) is 1.89. The Kier molecular flexibility index (Phi) is 2.80. The molecule has 0 saturated heterocycles. The maximum absolute atomic E-state index is 13.4. The predicted molar refractivity (Wildman–Crippen MR) is 76.1 cm³/mol. The maximum Gasteiger partial charge on any atom is 0.182 e. The van der Waals surface area contributed by atoms with Crippen molar-refractivity contribution >= 4 is 39.2 Å². The number of rotatable bonds is 1. The van der Waals surface area contributed by atoms with Gasteiger partial charge in [-0.2, -0.15) is 0 Å². The number of halogens is 2. The van der Waals surface area contributed by atoms with Gasteiger partial charge in [-0.3, -0.25) is 4.57 Å². The summed E-state index contributed by atoms with van der Waals surface area (Å²) < 4.78 is 16.7. The SMILES string of the molecule is Fc1ccc2[nH]c(=S)n(-c3cccc(Br)c3)c2c1. The third-order valence-corrected chi connectivity index (χ3v) is 3.49. The van der Waals surface area contributed by atoms with Crippen LogP contribution in [0.3, 0.4) is 0 Å². The minimum absolute atomic E-state index is 0.278. The molecule has 0 aliphatic heterocycles. The fourth-order valence-electron chi connectivity index (χ4n) is 1.95. The van der Waals surface area contributed by atoms with Crippen molar-refractivity contribution < 1.29 is 4.39 Å². The first kappa shape index (κ1) is 11.6. The molecular formula is C13H8BrFN2S. The molecule has 0 saturated carbocycles. The molecule has 1 N–H and O–H groups in total. The zero-order valence-electron chi connectivity index (χ0n) is 9.15. The van der Waals surface area contributed by atoms with Crippen LogP contribution in [0.1, 0.15) is 0 Å². The summed E-state index contributed by atoms with van der Waals surface area (Å²) in [5.74, 6) is -0.278. The van der Waals surface area contributed by atoms with Crippen LogP contribution in [0.4, 0.5) is 4.39 Å². The Morgan fingerprint density at radius 3 is 2.78 bits per heavy atom. The van der Waals surface area contributed by atoms with E-state index >= 15 is 0 Å². The van der Waals surface area contributed by atoms with E-state index in [0.717, 1.165) is 21.2 Å². The highest BCUT2D eigenvalue weighted by molar-refractivity contribution is 9.10. The van der Waals surface area contributed by atoms with E-state index in [1.807, 2.05) is 28.8 Å². The lowest BCUT2D eigenvalue weighted by molar-refractivity contribution is 0.629. The lowest BCUT2D eigenvalue weighted by Gasteiger charge is -2.04. The van der Waals surface area contributed by atoms with Crippen molar-refractivity contribution in [2.24, 2.45) is 0 Å². The van der Waals surface area contributed by atoms with Gasteiger partial charge in [0.1, 0.15) is 5.82 Å². The van der Waals surface area contributed by atoms with E-state index in [9.17, 15) is 4.39 Å². The molecule has 0 atom stereocenters. The number of hydrogen-bond acceptors (Lipinski definition) is 1. The number of nitrogens with one attached hydrogen (secondary N) is 1. The van der Waals surface area contributed by atoms with Gasteiger partial charge in [-0.1, -0.05) is 22.0 Å². The fourth-order valence-corrected chi connectivity index (χ4v) is 2.65. The lowest BCUT2D eigenvalue weighted by Crippen LogP contribution is -1.93. The second-order valence-corrected chi connectivity index (χ2v) is 5.21. The van der Waals surface area contributed by atoms with Crippen LogP contribution in [0.15, 0.2) is 46.9 Å². The van der Waals surface area contributed by atoms with Crippen LogP contribution >= 0.6 is 28.1 Å². The van der Waals surface area contributed by atoms with Gasteiger partial charge in [0.05, 0.1) is 11.0 Å². The second-order valence-electron chi connectivity index (χ2n) is 3.91. The van der Waals surface area contributed by atoms with Gasteiger partial charge in [0, 0.05) is 16.2 Å². The second kappa shape index (κ2) is 4.33. The first-order chi connectivity index (χ1) is 8.65. The Morgan fingerprint density at radius 1 is 1.17 bits per heavy atom. The zero-order valence-corrected chi connectivity index (χ0v) is 11.6. The minimum Gasteiger partial charge on any atom is -0.330 e. The summed E-state index contributed by atoms with van der Waals surface area (Å²) in [5, 5.41) is 0. The minimum atomic E-state index is -0.278. The molecule has 5 heteroatoms. The summed E-state index contributed by atoms with van der Waals surface area (Å²) >= 11 is 8.71. The predicted octanol–water partition coefficient (Wildman–Crippen LogP) is 4.59. The van der Waals surface area contributed by atoms with Crippen molar-refractivity contribution in [1.29, 1.82) is 0 Å². The van der Waals surface area contributed by atoms with E-state index in [1.54, 1.807) is 6.07 Å². The van der Waals surface area contributed by atoms with Gasteiger partial charge in [-0.05, 0) is 42.5 Å². The molecule has 18 heavy (non-hydrogen) atoms. The number of fused-ring (bicyclic) bond motifs is 1. The van der Waals surface area contributed by atoms with Crippen molar-refractivity contribution in [1.82, 2.24) is 9.55 Å². The van der Waals surface area contributed by atoms with Crippen LogP contribution in [0.25, 0.3) is 16.7 Å². The number of aromatic nitrogens is 2. The highest BCUT2D eigenvalue weighted by atomic mass is 79.9. The van der Waals surface area contributed by atoms with Crippen molar-refractivity contribution in [2.75, 3.05) is 0 Å². The van der Waals surface area contributed by atoms with Gasteiger partial charge in [0.25, 0.3) is 0 Å².